The Labute approximate surface area is 174 Å². The van der Waals surface area contributed by atoms with Crippen molar-refractivity contribution in [2.24, 2.45) is 23.7 Å². The van der Waals surface area contributed by atoms with Gasteiger partial charge in [-0.3, -0.25) is 0 Å². The summed E-state index contributed by atoms with van der Waals surface area (Å²) in [6.07, 6.45) is 4.68. The molecule has 0 aromatic heterocycles. The Kier molecular flexibility index (Phi) is 6.61. The van der Waals surface area contributed by atoms with E-state index in [-0.39, 0.29) is 23.7 Å². The van der Waals surface area contributed by atoms with E-state index in [0.717, 1.165) is 24.3 Å². The van der Waals surface area contributed by atoms with Crippen LogP contribution in [0.15, 0.2) is 24.3 Å². The van der Waals surface area contributed by atoms with Gasteiger partial charge in [0.15, 0.2) is 0 Å². The van der Waals surface area contributed by atoms with Gasteiger partial charge in [0.05, 0.1) is 0 Å². The van der Waals surface area contributed by atoms with Crippen molar-refractivity contribution in [1.29, 1.82) is 0 Å². The van der Waals surface area contributed by atoms with Crippen molar-refractivity contribution in [3.05, 3.63) is 35.4 Å². The normalized spacial score (nSPS) is 43.8. The zero-order valence-electron chi connectivity index (χ0n) is 18.0. The van der Waals surface area contributed by atoms with Gasteiger partial charge in [0.1, 0.15) is 18.5 Å². The summed E-state index contributed by atoms with van der Waals surface area (Å²) in [5.41, 5.74) is 2.29. The second kappa shape index (κ2) is 9.02. The third-order valence-electron chi connectivity index (χ3n) is 8.50. The Morgan fingerprint density at radius 2 is 1.34 bits per heavy atom. The van der Waals surface area contributed by atoms with Gasteiger partial charge in [-0.25, -0.2) is 13.2 Å². The zero-order valence-corrected chi connectivity index (χ0v) is 18.0. The first-order valence-corrected chi connectivity index (χ1v) is 12.0. The van der Waals surface area contributed by atoms with Gasteiger partial charge in [0.2, 0.25) is 0 Å². The summed E-state index contributed by atoms with van der Waals surface area (Å²) in [4.78, 5) is 0. The van der Waals surface area contributed by atoms with E-state index < -0.39 is 18.5 Å². The summed E-state index contributed by atoms with van der Waals surface area (Å²) in [6, 6.07) is 8.38. The molecule has 3 saturated carbocycles. The topological polar surface area (TPSA) is 0 Å². The molecule has 3 aliphatic carbocycles. The summed E-state index contributed by atoms with van der Waals surface area (Å²) in [5, 5.41) is 0. The molecule has 0 saturated heterocycles. The lowest BCUT2D eigenvalue weighted by molar-refractivity contribution is -0.00445. The van der Waals surface area contributed by atoms with E-state index in [4.69, 9.17) is 0 Å². The average molecular weight is 407 g/mol. The van der Waals surface area contributed by atoms with Gasteiger partial charge < -0.3 is 0 Å². The quantitative estimate of drug-likeness (QED) is 0.478. The van der Waals surface area contributed by atoms with Crippen LogP contribution in [0.1, 0.15) is 94.6 Å². The lowest BCUT2D eigenvalue weighted by Gasteiger charge is -2.42. The Morgan fingerprint density at radius 1 is 0.690 bits per heavy atom. The van der Waals surface area contributed by atoms with E-state index in [1.807, 2.05) is 19.1 Å². The predicted molar refractivity (Wildman–Crippen MR) is 113 cm³/mol. The van der Waals surface area contributed by atoms with E-state index >= 15 is 8.78 Å². The molecule has 3 heteroatoms. The van der Waals surface area contributed by atoms with Gasteiger partial charge in [0.25, 0.3) is 0 Å². The van der Waals surface area contributed by atoms with Crippen LogP contribution < -0.4 is 0 Å². The highest BCUT2D eigenvalue weighted by Gasteiger charge is 2.45. The number of alkyl halides is 3. The van der Waals surface area contributed by atoms with Crippen molar-refractivity contribution >= 4 is 0 Å². The second-order valence-electron chi connectivity index (χ2n) is 10.4. The SMILES string of the molecule is CC1CCC(c2ccc(C3CCC(C4CC[C@H](C)[C@H](F)C4)C(F)C3F)cc2)CC1. The minimum atomic E-state index is -1.47. The first-order chi connectivity index (χ1) is 13.9. The predicted octanol–water partition coefficient (Wildman–Crippen LogP) is 7.92. The molecule has 3 aliphatic rings. The van der Waals surface area contributed by atoms with Crippen molar-refractivity contribution in [3.8, 4) is 0 Å². The molecule has 162 valence electrons. The molecule has 3 fully saturated rings. The fraction of sp³-hybridized carbons (Fsp3) is 0.769. The van der Waals surface area contributed by atoms with Gasteiger partial charge in [-0.1, -0.05) is 51.0 Å². The molecule has 0 heterocycles. The Balaban J connectivity index is 1.39. The lowest BCUT2D eigenvalue weighted by atomic mass is 9.66. The molecule has 1 aromatic rings. The molecule has 0 aliphatic heterocycles. The fourth-order valence-electron chi connectivity index (χ4n) is 6.29. The highest BCUT2D eigenvalue weighted by Crippen LogP contribution is 2.47. The fourth-order valence-corrected chi connectivity index (χ4v) is 6.29. The molecule has 0 N–H and O–H groups in total. The molecule has 7 atom stereocenters. The van der Waals surface area contributed by atoms with Gasteiger partial charge in [-0.15, -0.1) is 0 Å². The van der Waals surface area contributed by atoms with Crippen molar-refractivity contribution in [3.63, 3.8) is 0 Å². The van der Waals surface area contributed by atoms with Gasteiger partial charge in [-0.2, -0.15) is 0 Å². The zero-order chi connectivity index (χ0) is 20.5. The Bertz CT molecular complexity index is 648. The maximum absolute atomic E-state index is 15.1. The van der Waals surface area contributed by atoms with Crippen LogP contribution >= 0.6 is 0 Å². The Hall–Kier alpha value is -0.990. The Morgan fingerprint density at radius 3 is 2.00 bits per heavy atom. The lowest BCUT2D eigenvalue weighted by Crippen LogP contribution is -2.42. The van der Waals surface area contributed by atoms with Crippen molar-refractivity contribution < 1.29 is 13.2 Å². The number of hydrogen-bond donors (Lipinski definition) is 0. The first-order valence-electron chi connectivity index (χ1n) is 12.0. The van der Waals surface area contributed by atoms with Crippen LogP contribution in [0.3, 0.4) is 0 Å². The van der Waals surface area contributed by atoms with Crippen LogP contribution in [0.5, 0.6) is 0 Å². The highest BCUT2D eigenvalue weighted by molar-refractivity contribution is 5.29. The van der Waals surface area contributed by atoms with Crippen LogP contribution in [0.25, 0.3) is 0 Å². The molecule has 0 nitrogen and oxygen atoms in total. The summed E-state index contributed by atoms with van der Waals surface area (Å²) in [7, 11) is 0. The summed E-state index contributed by atoms with van der Waals surface area (Å²) in [6.45, 7) is 4.26. The summed E-state index contributed by atoms with van der Waals surface area (Å²) < 4.78 is 44.4. The molecular formula is C26H37F3. The van der Waals surface area contributed by atoms with Gasteiger partial charge in [0, 0.05) is 5.92 Å². The van der Waals surface area contributed by atoms with E-state index in [1.54, 1.807) is 0 Å². The molecule has 29 heavy (non-hydrogen) atoms. The monoisotopic (exact) mass is 406 g/mol. The summed E-state index contributed by atoms with van der Waals surface area (Å²) in [5.74, 6) is 0.850. The standard InChI is InChI=1S/C26H37F3/c1-16-3-6-18(7-4-16)19-9-11-20(12-10-19)22-13-14-23(26(29)25(22)28)21-8-5-17(2)24(27)15-21/h9-12,16-18,21-26H,3-8,13-15H2,1-2H3/t16?,17-,18?,21?,22?,23?,24+,25?,26?/m0/s1. The third-order valence-corrected chi connectivity index (χ3v) is 8.50. The average Bonchev–Trinajstić information content (AvgIpc) is 2.73. The molecule has 0 radical (unpaired) electrons. The maximum atomic E-state index is 15.1. The van der Waals surface area contributed by atoms with E-state index in [9.17, 15) is 4.39 Å². The smallest absolute Gasteiger partial charge is 0.138 e. The summed E-state index contributed by atoms with van der Waals surface area (Å²) >= 11 is 0. The minimum absolute atomic E-state index is 0.00599. The third kappa shape index (κ3) is 4.54. The number of hydrogen-bond acceptors (Lipinski definition) is 0. The molecule has 4 rings (SSSR count). The largest absolute Gasteiger partial charge is 0.247 e. The van der Waals surface area contributed by atoms with E-state index in [2.05, 4.69) is 19.1 Å². The maximum Gasteiger partial charge on any atom is 0.138 e. The second-order valence-corrected chi connectivity index (χ2v) is 10.4. The molecule has 5 unspecified atom stereocenters. The number of benzene rings is 1. The molecule has 0 bridgehead atoms. The van der Waals surface area contributed by atoms with E-state index in [1.165, 1.54) is 31.2 Å². The van der Waals surface area contributed by atoms with Crippen molar-refractivity contribution in [1.82, 2.24) is 0 Å². The molecule has 1 aromatic carbocycles. The van der Waals surface area contributed by atoms with Crippen LogP contribution in [0, 0.1) is 23.7 Å². The number of rotatable bonds is 3. The van der Waals surface area contributed by atoms with Crippen molar-refractivity contribution in [2.75, 3.05) is 0 Å². The van der Waals surface area contributed by atoms with Gasteiger partial charge in [-0.05, 0) is 85.7 Å². The minimum Gasteiger partial charge on any atom is -0.247 e. The highest BCUT2D eigenvalue weighted by atomic mass is 19.2. The molecule has 0 amide bonds. The van der Waals surface area contributed by atoms with Gasteiger partial charge >= 0.3 is 0 Å². The number of halogens is 3. The van der Waals surface area contributed by atoms with Crippen molar-refractivity contribution in [2.45, 2.75) is 102 Å². The van der Waals surface area contributed by atoms with Crippen LogP contribution in [0.4, 0.5) is 13.2 Å². The first kappa shape index (κ1) is 21.2. The van der Waals surface area contributed by atoms with Crippen LogP contribution in [-0.2, 0) is 0 Å². The van der Waals surface area contributed by atoms with Crippen LogP contribution in [0.2, 0.25) is 0 Å². The molecule has 0 spiro atoms. The van der Waals surface area contributed by atoms with Crippen LogP contribution in [-0.4, -0.2) is 18.5 Å². The van der Waals surface area contributed by atoms with E-state index in [0.29, 0.717) is 25.2 Å². The molecular weight excluding hydrogens is 369 g/mol.